The van der Waals surface area contributed by atoms with Gasteiger partial charge in [-0.1, -0.05) is 32.7 Å². The van der Waals surface area contributed by atoms with Crippen molar-refractivity contribution < 1.29 is 91.9 Å². The van der Waals surface area contributed by atoms with Gasteiger partial charge in [0.05, 0.1) is 18.1 Å². The molecule has 0 radical (unpaired) electrons. The van der Waals surface area contributed by atoms with Crippen LogP contribution in [0, 0.1) is 17.3 Å². The minimum atomic E-state index is -2.47. The van der Waals surface area contributed by atoms with Crippen molar-refractivity contribution in [2.24, 2.45) is 17.3 Å². The molecular weight excluding hydrogens is 1360 g/mol. The van der Waals surface area contributed by atoms with Crippen molar-refractivity contribution >= 4 is 127 Å². The summed E-state index contributed by atoms with van der Waals surface area (Å²) in [6.07, 6.45) is 4.80. The molecule has 23 nitrogen and oxygen atoms in total. The molecular formula is C58H131N3O20S5Si5. The zero-order valence-electron chi connectivity index (χ0n) is 61.1. The van der Waals surface area contributed by atoms with Crippen LogP contribution in [0.25, 0.3) is 0 Å². The third kappa shape index (κ3) is 54.8. The summed E-state index contributed by atoms with van der Waals surface area (Å²) in [5.74, 6) is 10.2. The third-order valence-electron chi connectivity index (χ3n) is 12.9. The van der Waals surface area contributed by atoms with E-state index in [4.69, 9.17) is 62.8 Å². The lowest BCUT2D eigenvalue weighted by molar-refractivity contribution is -0.467. The van der Waals surface area contributed by atoms with Crippen LogP contribution < -0.4 is 5.32 Å². The fourth-order valence-electron chi connectivity index (χ4n) is 7.76. The lowest BCUT2D eigenvalue weighted by Crippen LogP contribution is -2.46. The third-order valence-corrected chi connectivity index (χ3v) is 32.3. The van der Waals surface area contributed by atoms with Crippen LogP contribution in [0.3, 0.4) is 0 Å². The Hall–Kier alpha value is 0.274. The minimum Gasteiger partial charge on any atom is -0.393 e. The van der Waals surface area contributed by atoms with E-state index < -0.39 is 45.0 Å². The Morgan fingerprint density at radius 3 is 1.21 bits per heavy atom. The highest BCUT2D eigenvalue weighted by Gasteiger charge is 2.41. The van der Waals surface area contributed by atoms with Crippen LogP contribution in [0.1, 0.15) is 115 Å². The molecule has 0 bridgehead atoms. The maximum absolute atomic E-state index is 12.0. The molecule has 0 aliphatic heterocycles. The summed E-state index contributed by atoms with van der Waals surface area (Å²) in [5.41, 5.74) is -0.327. The molecule has 0 heterocycles. The standard InChI is InChI=1S/C14H30O4SSi.C13H29NO4SSi.2C11H25NO4SSi.C9H22O4SSi/c1-6-16-20(17-7-2,18-8-3)11-9-10-19-12-13(4)14(5)15;1-13(2,12(15)14(3)4)11-19-9-8-10-20(16-5,17-6)18-7;1-10(12-11(2)13)9-17-7-6-8-18(14-3,15-4)16-5;1-5-14-15-16-18-8-6-7-17-9-10(2)11(13)12(3)4;1-9(10)8-14-6-5-7-15(11-2,12-3)13-4/h13H,6-12H2,1-5H3;8-11H2,1-7H3;10H,6-9H2,1-5H3,(H,12,13);10H,5-9,18H2,1-4H3;9-10H,5-8H2,1-4H3. The largest absolute Gasteiger partial charge is 0.500 e. The van der Waals surface area contributed by atoms with Crippen molar-refractivity contribution in [3.63, 3.8) is 0 Å². The molecule has 0 aromatic heterocycles. The Labute approximate surface area is 581 Å². The number of carbonyl (C=O) groups excluding carboxylic acids is 4. The number of aliphatic hydroxyl groups excluding tert-OH is 1. The molecule has 0 aliphatic rings. The number of amides is 3. The summed E-state index contributed by atoms with van der Waals surface area (Å²) in [5, 5.41) is 16.4. The van der Waals surface area contributed by atoms with Crippen molar-refractivity contribution in [1.29, 1.82) is 0 Å². The molecule has 0 aliphatic carbocycles. The maximum atomic E-state index is 12.0. The number of ketones is 1. The van der Waals surface area contributed by atoms with E-state index in [1.54, 1.807) is 139 Å². The van der Waals surface area contributed by atoms with Gasteiger partial charge in [0.2, 0.25) is 27.5 Å². The van der Waals surface area contributed by atoms with Gasteiger partial charge >= 0.3 is 35.2 Å². The first-order valence-corrected chi connectivity index (χ1v) is 46.6. The van der Waals surface area contributed by atoms with Crippen LogP contribution in [-0.4, -0.2) is 272 Å². The van der Waals surface area contributed by atoms with Crippen molar-refractivity contribution in [2.75, 3.05) is 176 Å². The molecule has 0 saturated carbocycles. The summed E-state index contributed by atoms with van der Waals surface area (Å²) in [7, 11) is 11.5. The van der Waals surface area contributed by atoms with E-state index in [1.165, 1.54) is 6.92 Å². The molecule has 0 fully saturated rings. The van der Waals surface area contributed by atoms with Gasteiger partial charge in [-0.15, -0.1) is 0 Å². The van der Waals surface area contributed by atoms with Crippen molar-refractivity contribution in [3.05, 3.63) is 0 Å². The molecule has 0 rings (SSSR count). The number of Topliss-reactive ketones (excluding diaryl/α,β-unsaturated/α-hetero) is 1. The van der Waals surface area contributed by atoms with Crippen LogP contribution in [0.15, 0.2) is 0 Å². The molecule has 2 N–H and O–H groups in total. The lowest BCUT2D eigenvalue weighted by atomic mass is 9.95. The molecule has 0 aromatic rings. The van der Waals surface area contributed by atoms with E-state index in [9.17, 15) is 19.2 Å². The Balaban J connectivity index is -0.000000340. The molecule has 4 atom stereocenters. The monoisotopic (exact) mass is 1490 g/mol. The molecule has 0 saturated heterocycles. The van der Waals surface area contributed by atoms with Crippen LogP contribution in [0.2, 0.25) is 30.2 Å². The normalized spacial score (nSPS) is 13.3. The number of hydrogen-bond donors (Lipinski definition) is 2. The highest BCUT2D eigenvalue weighted by atomic mass is 32.2. The Morgan fingerprint density at radius 2 is 0.868 bits per heavy atom. The van der Waals surface area contributed by atoms with Gasteiger partial charge in [-0.2, -0.15) is 58.8 Å². The van der Waals surface area contributed by atoms with Gasteiger partial charge in [-0.3, -0.25) is 23.8 Å². The molecule has 0 aromatic carbocycles. The number of rotatable bonds is 53. The van der Waals surface area contributed by atoms with E-state index in [1.807, 2.05) is 97.6 Å². The highest BCUT2D eigenvalue weighted by molar-refractivity contribution is 8.00. The summed E-state index contributed by atoms with van der Waals surface area (Å²) in [6, 6.07) is 4.56. The average Bonchev–Trinajstić information content (AvgIpc) is 2.77. The van der Waals surface area contributed by atoms with Crippen LogP contribution in [-0.2, 0) is 86.8 Å². The maximum Gasteiger partial charge on any atom is 0.500 e. The number of thioether (sulfide) groups is 5. The topological polar surface area (TPSA) is 245 Å². The molecule has 0 spiro atoms. The van der Waals surface area contributed by atoms with E-state index in [0.717, 1.165) is 120 Å². The van der Waals surface area contributed by atoms with Gasteiger partial charge < -0.3 is 73.3 Å². The number of aliphatic hydroxyl groups is 1. The van der Waals surface area contributed by atoms with Gasteiger partial charge in [0.15, 0.2) is 0 Å². The number of hydrogen-bond acceptors (Lipinski definition) is 25. The van der Waals surface area contributed by atoms with E-state index in [2.05, 4.69) is 15.2 Å². The van der Waals surface area contributed by atoms with Gasteiger partial charge in [-0.05, 0) is 115 Å². The molecule has 4 unspecified atom stereocenters. The minimum absolute atomic E-state index is 0.0210. The van der Waals surface area contributed by atoms with Crippen molar-refractivity contribution in [1.82, 2.24) is 15.1 Å². The van der Waals surface area contributed by atoms with Gasteiger partial charge in [0.25, 0.3) is 0 Å². The van der Waals surface area contributed by atoms with Crippen LogP contribution in [0.5, 0.6) is 0 Å². The second kappa shape index (κ2) is 63.7. The van der Waals surface area contributed by atoms with Crippen molar-refractivity contribution in [2.45, 2.75) is 158 Å². The van der Waals surface area contributed by atoms with Crippen LogP contribution >= 0.6 is 58.8 Å². The van der Waals surface area contributed by atoms with E-state index in [-0.39, 0.29) is 52.9 Å². The Morgan fingerprint density at radius 1 is 0.505 bits per heavy atom. The first kappa shape index (κ1) is 99.9. The Kier molecular flexibility index (Phi) is 70.0. The Bertz CT molecular complexity index is 1670. The molecule has 548 valence electrons. The van der Waals surface area contributed by atoms with Crippen molar-refractivity contribution in [3.8, 4) is 0 Å². The summed E-state index contributed by atoms with van der Waals surface area (Å²) in [6.45, 7) is 25.1. The van der Waals surface area contributed by atoms with Gasteiger partial charge in [0.1, 0.15) is 5.78 Å². The van der Waals surface area contributed by atoms with Gasteiger partial charge in [-0.25, -0.2) is 4.89 Å². The fourth-order valence-corrected chi connectivity index (χ4v) is 22.7. The van der Waals surface area contributed by atoms with E-state index in [0.29, 0.717) is 26.4 Å². The molecule has 33 heteroatoms. The smallest absolute Gasteiger partial charge is 0.393 e. The molecule has 91 heavy (non-hydrogen) atoms. The zero-order valence-corrected chi connectivity index (χ0v) is 70.6. The second-order valence-electron chi connectivity index (χ2n) is 21.8. The predicted molar refractivity (Wildman–Crippen MR) is 392 cm³/mol. The first-order chi connectivity index (χ1) is 42.9. The summed E-state index contributed by atoms with van der Waals surface area (Å²) in [4.78, 5) is 53.5. The zero-order chi connectivity index (χ0) is 70.8. The predicted octanol–water partition coefficient (Wildman–Crippen LogP) is 9.60. The number of nitrogens with zero attached hydrogens (tertiary/aromatic N) is 2. The SMILES string of the molecule is CCOOO[SiH2]CCCSCC(C)C(=O)N(C)C.CCO[Si](CCCSCC(C)C(C)=O)(OCC)OCC.CO[Si](CCCSCC(C)(C)C(=O)N(C)C)(OC)OC.CO[Si](CCCSCC(C)NC(C)=O)(OC)OC.CO[Si](CCCSCC(C)O)(OC)OC. The number of nitrogens with one attached hydrogen (secondary N) is 1. The lowest BCUT2D eigenvalue weighted by Gasteiger charge is -2.28. The highest BCUT2D eigenvalue weighted by Crippen LogP contribution is 2.27. The number of carbonyl (C=O) groups is 4. The fraction of sp³-hybridized carbons (Fsp3) is 0.931. The summed E-state index contributed by atoms with van der Waals surface area (Å²) < 4.78 is 70.4. The first-order valence-electron chi connectivity index (χ1n) is 31.5. The van der Waals surface area contributed by atoms with Crippen LogP contribution in [0.4, 0.5) is 0 Å². The molecule has 3 amide bonds. The quantitative estimate of drug-likeness (QED) is 0.0249. The van der Waals surface area contributed by atoms with E-state index >= 15 is 0 Å². The summed E-state index contributed by atoms with van der Waals surface area (Å²) >= 11 is 8.98. The second-order valence-corrected chi connectivity index (χ2v) is 40.9. The van der Waals surface area contributed by atoms with Gasteiger partial charge in [0, 0.05) is 190 Å². The average molecular weight is 1490 g/mol.